The number of methoxy groups -OCH3 is 1. The number of hydrogen-bond acceptors (Lipinski definition) is 3. The van der Waals surface area contributed by atoms with Crippen molar-refractivity contribution in [3.8, 4) is 11.8 Å². The van der Waals surface area contributed by atoms with E-state index in [1.165, 1.54) is 12.7 Å². The van der Waals surface area contributed by atoms with Crippen LogP contribution >= 0.6 is 0 Å². The van der Waals surface area contributed by atoms with Crippen molar-refractivity contribution in [1.29, 1.82) is 0 Å². The Morgan fingerprint density at radius 3 is 2.03 bits per heavy atom. The Kier molecular flexibility index (Phi) is 7.57. The Morgan fingerprint density at radius 2 is 1.47 bits per heavy atom. The van der Waals surface area contributed by atoms with E-state index in [2.05, 4.69) is 24.0 Å². The Hall–Kier alpha value is -4.10. The van der Waals surface area contributed by atoms with Crippen LogP contribution in [-0.2, 0) is 20.7 Å². The summed E-state index contributed by atoms with van der Waals surface area (Å²) in [6.07, 6.45) is 3.31. The summed E-state index contributed by atoms with van der Waals surface area (Å²) in [5, 5.41) is 0. The molecule has 170 valence electrons. The molecule has 0 N–H and O–H groups in total. The molecule has 4 heteroatoms. The lowest BCUT2D eigenvalue weighted by Crippen LogP contribution is -2.44. The molecule has 1 atom stereocenters. The molecule has 1 aliphatic rings. The highest BCUT2D eigenvalue weighted by Gasteiger charge is 2.38. The van der Waals surface area contributed by atoms with Gasteiger partial charge in [-0.05, 0) is 29.2 Å². The van der Waals surface area contributed by atoms with Crippen LogP contribution in [0.1, 0.15) is 29.0 Å². The lowest BCUT2D eigenvalue weighted by atomic mass is 9.89. The van der Waals surface area contributed by atoms with Crippen molar-refractivity contribution >= 4 is 11.9 Å². The summed E-state index contributed by atoms with van der Waals surface area (Å²) in [6, 6.07) is 28.7. The van der Waals surface area contributed by atoms with Crippen LogP contribution in [0.5, 0.6) is 0 Å². The summed E-state index contributed by atoms with van der Waals surface area (Å²) in [7, 11) is 1.34. The SMILES string of the molecule is COC(=O)[C@@H]1C=C(C#CCCc2ccccc2)CN1C(=O)C(c1ccccc1)c1ccccc1. The fraction of sp³-hybridized carbons (Fsp3) is 0.200. The molecule has 1 aliphatic heterocycles. The molecule has 0 bridgehead atoms. The zero-order chi connectivity index (χ0) is 23.8. The number of amides is 1. The lowest BCUT2D eigenvalue weighted by molar-refractivity contribution is -0.149. The molecule has 3 aromatic rings. The molecule has 4 rings (SSSR count). The Morgan fingerprint density at radius 1 is 0.912 bits per heavy atom. The second kappa shape index (κ2) is 11.2. The van der Waals surface area contributed by atoms with Crippen molar-refractivity contribution in [3.05, 3.63) is 119 Å². The first-order chi connectivity index (χ1) is 16.7. The number of rotatable bonds is 6. The maximum Gasteiger partial charge on any atom is 0.332 e. The number of aryl methyl sites for hydroxylation is 1. The first kappa shape index (κ1) is 23.1. The first-order valence-corrected chi connectivity index (χ1v) is 11.4. The number of carbonyl (C=O) groups excluding carboxylic acids is 2. The highest BCUT2D eigenvalue weighted by molar-refractivity contribution is 5.93. The predicted molar refractivity (Wildman–Crippen MR) is 133 cm³/mol. The van der Waals surface area contributed by atoms with Gasteiger partial charge in [-0.2, -0.15) is 0 Å². The van der Waals surface area contributed by atoms with Crippen molar-refractivity contribution in [1.82, 2.24) is 4.90 Å². The smallest absolute Gasteiger partial charge is 0.332 e. The summed E-state index contributed by atoms with van der Waals surface area (Å²) >= 11 is 0. The van der Waals surface area contributed by atoms with Gasteiger partial charge in [-0.15, -0.1) is 0 Å². The molecule has 0 aliphatic carbocycles. The van der Waals surface area contributed by atoms with E-state index < -0.39 is 17.9 Å². The minimum atomic E-state index is -0.786. The number of hydrogen-bond donors (Lipinski definition) is 0. The average Bonchev–Trinajstić information content (AvgIpc) is 3.32. The molecule has 0 unspecified atom stereocenters. The van der Waals surface area contributed by atoms with Gasteiger partial charge in [0.15, 0.2) is 0 Å². The summed E-state index contributed by atoms with van der Waals surface area (Å²) in [5.41, 5.74) is 3.75. The Balaban J connectivity index is 1.56. The van der Waals surface area contributed by atoms with E-state index in [-0.39, 0.29) is 12.5 Å². The molecule has 0 spiro atoms. The second-order valence-corrected chi connectivity index (χ2v) is 8.17. The second-order valence-electron chi connectivity index (χ2n) is 8.17. The van der Waals surface area contributed by atoms with E-state index in [0.717, 1.165) is 23.1 Å². The van der Waals surface area contributed by atoms with Crippen LogP contribution in [0, 0.1) is 11.8 Å². The monoisotopic (exact) mass is 449 g/mol. The molecular formula is C30H27NO3. The van der Waals surface area contributed by atoms with Gasteiger partial charge in [0, 0.05) is 12.0 Å². The standard InChI is InChI=1S/C30H27NO3/c1-34-30(33)27-21-24(16-12-11-15-23-13-5-2-6-14-23)22-31(27)29(32)28(25-17-7-3-8-18-25)26-19-9-4-10-20-26/h2-10,13-14,17-21,27-28H,11,15,22H2,1H3/t27-/m0/s1. The third kappa shape index (κ3) is 5.44. The molecule has 1 heterocycles. The van der Waals surface area contributed by atoms with Gasteiger partial charge in [-0.3, -0.25) is 4.79 Å². The van der Waals surface area contributed by atoms with Crippen molar-refractivity contribution in [2.75, 3.05) is 13.7 Å². The van der Waals surface area contributed by atoms with E-state index in [0.29, 0.717) is 6.42 Å². The molecule has 0 aromatic heterocycles. The van der Waals surface area contributed by atoms with E-state index in [1.54, 1.807) is 11.0 Å². The molecule has 0 saturated carbocycles. The van der Waals surface area contributed by atoms with Crippen molar-refractivity contribution in [2.45, 2.75) is 24.8 Å². The van der Waals surface area contributed by atoms with Gasteiger partial charge in [0.05, 0.1) is 19.6 Å². The fourth-order valence-electron chi connectivity index (χ4n) is 4.19. The normalized spacial score (nSPS) is 14.8. The highest BCUT2D eigenvalue weighted by atomic mass is 16.5. The molecule has 1 amide bonds. The predicted octanol–water partition coefficient (Wildman–Crippen LogP) is 4.76. The third-order valence-corrected chi connectivity index (χ3v) is 5.90. The van der Waals surface area contributed by atoms with E-state index in [9.17, 15) is 9.59 Å². The van der Waals surface area contributed by atoms with Crippen LogP contribution < -0.4 is 0 Å². The molecule has 4 nitrogen and oxygen atoms in total. The number of benzene rings is 3. The molecule has 3 aromatic carbocycles. The highest BCUT2D eigenvalue weighted by Crippen LogP contribution is 2.30. The average molecular weight is 450 g/mol. The van der Waals surface area contributed by atoms with Gasteiger partial charge in [0.1, 0.15) is 6.04 Å². The third-order valence-electron chi connectivity index (χ3n) is 5.90. The van der Waals surface area contributed by atoms with Crippen LogP contribution in [-0.4, -0.2) is 36.5 Å². The maximum absolute atomic E-state index is 13.9. The summed E-state index contributed by atoms with van der Waals surface area (Å²) < 4.78 is 5.01. The van der Waals surface area contributed by atoms with Gasteiger partial charge < -0.3 is 9.64 Å². The van der Waals surface area contributed by atoms with Gasteiger partial charge in [-0.1, -0.05) is 103 Å². The lowest BCUT2D eigenvalue weighted by Gasteiger charge is -2.28. The van der Waals surface area contributed by atoms with Crippen molar-refractivity contribution < 1.29 is 14.3 Å². The number of ether oxygens (including phenoxy) is 1. The largest absolute Gasteiger partial charge is 0.467 e. The fourth-order valence-corrected chi connectivity index (χ4v) is 4.19. The number of esters is 1. The summed E-state index contributed by atoms with van der Waals surface area (Å²) in [6.45, 7) is 0.285. The summed E-state index contributed by atoms with van der Waals surface area (Å²) in [4.78, 5) is 28.0. The topological polar surface area (TPSA) is 46.6 Å². The van der Waals surface area contributed by atoms with Gasteiger partial charge >= 0.3 is 5.97 Å². The minimum absolute atomic E-state index is 0.148. The minimum Gasteiger partial charge on any atom is -0.467 e. The Bertz CT molecular complexity index is 1170. The van der Waals surface area contributed by atoms with Crippen LogP contribution in [0.15, 0.2) is 103 Å². The van der Waals surface area contributed by atoms with Crippen molar-refractivity contribution in [3.63, 3.8) is 0 Å². The summed E-state index contributed by atoms with van der Waals surface area (Å²) in [5.74, 6) is 5.24. The quantitative estimate of drug-likeness (QED) is 0.403. The van der Waals surface area contributed by atoms with Crippen LogP contribution in [0.25, 0.3) is 0 Å². The molecular weight excluding hydrogens is 422 g/mol. The number of nitrogens with zero attached hydrogens (tertiary/aromatic N) is 1. The molecule has 34 heavy (non-hydrogen) atoms. The van der Waals surface area contributed by atoms with Gasteiger partial charge in [-0.25, -0.2) is 4.79 Å². The maximum atomic E-state index is 13.9. The zero-order valence-corrected chi connectivity index (χ0v) is 19.2. The van der Waals surface area contributed by atoms with Gasteiger partial charge in [0.2, 0.25) is 5.91 Å². The van der Waals surface area contributed by atoms with Crippen LogP contribution in [0.2, 0.25) is 0 Å². The van der Waals surface area contributed by atoms with E-state index in [4.69, 9.17) is 4.74 Å². The van der Waals surface area contributed by atoms with E-state index in [1.807, 2.05) is 78.9 Å². The first-order valence-electron chi connectivity index (χ1n) is 11.4. The van der Waals surface area contributed by atoms with Gasteiger partial charge in [0.25, 0.3) is 0 Å². The molecule has 0 fully saturated rings. The van der Waals surface area contributed by atoms with Crippen LogP contribution in [0.4, 0.5) is 0 Å². The molecule has 0 radical (unpaired) electrons. The zero-order valence-electron chi connectivity index (χ0n) is 19.2. The van der Waals surface area contributed by atoms with Crippen molar-refractivity contribution in [2.24, 2.45) is 0 Å². The van der Waals surface area contributed by atoms with E-state index >= 15 is 0 Å². The molecule has 0 saturated heterocycles. The Labute approximate surface area is 200 Å². The number of carbonyl (C=O) groups is 2. The van der Waals surface area contributed by atoms with Crippen LogP contribution in [0.3, 0.4) is 0 Å².